The molecule has 110 valence electrons. The number of hydrogen-bond donors (Lipinski definition) is 1. The summed E-state index contributed by atoms with van der Waals surface area (Å²) in [6.45, 7) is 0. The predicted molar refractivity (Wildman–Crippen MR) is 77.6 cm³/mol. The maximum atomic E-state index is 13.6. The third-order valence-corrected chi connectivity index (χ3v) is 4.04. The van der Waals surface area contributed by atoms with Gasteiger partial charge in [0.25, 0.3) is 0 Å². The summed E-state index contributed by atoms with van der Waals surface area (Å²) < 4.78 is 32.8. The van der Waals surface area contributed by atoms with E-state index in [1.807, 2.05) is 7.05 Å². The van der Waals surface area contributed by atoms with Crippen LogP contribution in [-0.4, -0.2) is 7.05 Å². The van der Waals surface area contributed by atoms with Gasteiger partial charge in [0, 0.05) is 24.1 Å². The highest BCUT2D eigenvalue weighted by molar-refractivity contribution is 6.30. The molecule has 2 aromatic carbocycles. The summed E-state index contributed by atoms with van der Waals surface area (Å²) in [7, 11) is 1.84. The Hall–Kier alpha value is -1.65. The fraction of sp³-hybridized carbons (Fsp3) is 0.250. The maximum absolute atomic E-state index is 13.6. The first-order valence-corrected chi connectivity index (χ1v) is 7.04. The Kier molecular flexibility index (Phi) is 3.83. The van der Waals surface area contributed by atoms with Crippen molar-refractivity contribution in [2.24, 2.45) is 0 Å². The molecule has 1 heterocycles. The number of hydrogen-bond acceptors (Lipinski definition) is 2. The minimum Gasteiger partial charge on any atom is -0.485 e. The highest BCUT2D eigenvalue weighted by atomic mass is 35.5. The average molecular weight is 310 g/mol. The van der Waals surface area contributed by atoms with Gasteiger partial charge in [-0.1, -0.05) is 23.7 Å². The van der Waals surface area contributed by atoms with Crippen molar-refractivity contribution in [2.45, 2.75) is 18.6 Å². The monoisotopic (exact) mass is 309 g/mol. The summed E-state index contributed by atoms with van der Waals surface area (Å²) in [5.74, 6) is -0.351. The van der Waals surface area contributed by atoms with Gasteiger partial charge in [-0.15, -0.1) is 0 Å². The molecule has 2 nitrogen and oxygen atoms in total. The van der Waals surface area contributed by atoms with Crippen molar-refractivity contribution in [3.05, 3.63) is 64.2 Å². The van der Waals surface area contributed by atoms with Gasteiger partial charge in [-0.25, -0.2) is 8.78 Å². The van der Waals surface area contributed by atoms with E-state index in [-0.39, 0.29) is 23.0 Å². The molecule has 0 amide bonds. The molecule has 5 heteroatoms. The number of ether oxygens (including phenoxy) is 1. The Morgan fingerprint density at radius 3 is 2.71 bits per heavy atom. The van der Waals surface area contributed by atoms with Gasteiger partial charge in [0.2, 0.25) is 0 Å². The van der Waals surface area contributed by atoms with Crippen molar-refractivity contribution < 1.29 is 13.5 Å². The van der Waals surface area contributed by atoms with Gasteiger partial charge in [-0.05, 0) is 30.8 Å². The van der Waals surface area contributed by atoms with Gasteiger partial charge < -0.3 is 10.1 Å². The zero-order valence-corrected chi connectivity index (χ0v) is 12.1. The first kappa shape index (κ1) is 14.3. The highest BCUT2D eigenvalue weighted by Gasteiger charge is 2.29. The first-order chi connectivity index (χ1) is 10.1. The molecule has 2 aromatic rings. The summed E-state index contributed by atoms with van der Waals surface area (Å²) >= 11 is 5.70. The highest BCUT2D eigenvalue weighted by Crippen LogP contribution is 2.41. The molecule has 0 aliphatic carbocycles. The van der Waals surface area contributed by atoms with Crippen LogP contribution in [0.5, 0.6) is 5.75 Å². The summed E-state index contributed by atoms with van der Waals surface area (Å²) in [6, 6.07) is 9.11. The number of rotatable bonds is 2. The SMILES string of the molecule is CNC1CC(c2ccc(Cl)c(F)c2)Oc2cc(F)ccc21. The Balaban J connectivity index is 1.97. The maximum Gasteiger partial charge on any atom is 0.142 e. The second kappa shape index (κ2) is 5.62. The van der Waals surface area contributed by atoms with Gasteiger partial charge in [0.15, 0.2) is 0 Å². The summed E-state index contributed by atoms with van der Waals surface area (Å²) in [4.78, 5) is 0. The molecule has 1 N–H and O–H groups in total. The molecule has 0 saturated heterocycles. The van der Waals surface area contributed by atoms with Crippen LogP contribution in [0.1, 0.15) is 29.7 Å². The molecule has 2 atom stereocenters. The number of nitrogens with one attached hydrogen (secondary N) is 1. The van der Waals surface area contributed by atoms with Crippen molar-refractivity contribution >= 4 is 11.6 Å². The van der Waals surface area contributed by atoms with E-state index in [0.717, 1.165) is 5.56 Å². The molecular formula is C16H14ClF2NO. The van der Waals surface area contributed by atoms with Crippen molar-refractivity contribution in [3.8, 4) is 5.75 Å². The predicted octanol–water partition coefficient (Wildman–Crippen LogP) is 4.40. The molecule has 0 aromatic heterocycles. The van der Waals surface area contributed by atoms with Crippen LogP contribution in [0.25, 0.3) is 0 Å². The van der Waals surface area contributed by atoms with Gasteiger partial charge in [-0.2, -0.15) is 0 Å². The van der Waals surface area contributed by atoms with Crippen molar-refractivity contribution in [1.82, 2.24) is 5.32 Å². The second-order valence-corrected chi connectivity index (χ2v) is 5.45. The lowest BCUT2D eigenvalue weighted by Gasteiger charge is -2.32. The van der Waals surface area contributed by atoms with Crippen LogP contribution in [0.2, 0.25) is 5.02 Å². The van der Waals surface area contributed by atoms with Crippen LogP contribution in [-0.2, 0) is 0 Å². The van der Waals surface area contributed by atoms with Gasteiger partial charge >= 0.3 is 0 Å². The van der Waals surface area contributed by atoms with Crippen LogP contribution in [0.15, 0.2) is 36.4 Å². The molecule has 0 radical (unpaired) electrons. The Morgan fingerprint density at radius 1 is 1.19 bits per heavy atom. The second-order valence-electron chi connectivity index (χ2n) is 5.04. The lowest BCUT2D eigenvalue weighted by atomic mass is 9.93. The number of benzene rings is 2. The lowest BCUT2D eigenvalue weighted by Crippen LogP contribution is -2.26. The zero-order chi connectivity index (χ0) is 15.0. The minimum atomic E-state index is -0.483. The minimum absolute atomic E-state index is 0.0260. The zero-order valence-electron chi connectivity index (χ0n) is 11.4. The average Bonchev–Trinajstić information content (AvgIpc) is 2.48. The first-order valence-electron chi connectivity index (χ1n) is 6.67. The van der Waals surface area contributed by atoms with Crippen LogP contribution in [0, 0.1) is 11.6 Å². The summed E-state index contributed by atoms with van der Waals surface area (Å²) in [6.07, 6.45) is 0.291. The van der Waals surface area contributed by atoms with Crippen molar-refractivity contribution in [3.63, 3.8) is 0 Å². The van der Waals surface area contributed by atoms with Crippen LogP contribution in [0.4, 0.5) is 8.78 Å². The molecule has 0 saturated carbocycles. The Morgan fingerprint density at radius 2 is 2.00 bits per heavy atom. The van der Waals surface area contributed by atoms with E-state index in [0.29, 0.717) is 17.7 Å². The molecule has 0 bridgehead atoms. The molecular weight excluding hydrogens is 296 g/mol. The van der Waals surface area contributed by atoms with E-state index in [1.165, 1.54) is 24.3 Å². The van der Waals surface area contributed by atoms with Crippen LogP contribution in [0.3, 0.4) is 0 Å². The van der Waals surface area contributed by atoms with E-state index >= 15 is 0 Å². The van der Waals surface area contributed by atoms with Gasteiger partial charge in [-0.3, -0.25) is 0 Å². The molecule has 1 aliphatic heterocycles. The third-order valence-electron chi connectivity index (χ3n) is 3.73. The van der Waals surface area contributed by atoms with Gasteiger partial charge in [0.05, 0.1) is 5.02 Å². The number of fused-ring (bicyclic) bond motifs is 1. The van der Waals surface area contributed by atoms with Crippen LogP contribution < -0.4 is 10.1 Å². The van der Waals surface area contributed by atoms with Gasteiger partial charge in [0.1, 0.15) is 23.5 Å². The molecule has 0 spiro atoms. The van der Waals surface area contributed by atoms with E-state index in [9.17, 15) is 8.78 Å². The normalized spacial score (nSPS) is 20.8. The summed E-state index contributed by atoms with van der Waals surface area (Å²) in [5.41, 5.74) is 1.59. The van der Waals surface area contributed by atoms with Crippen LogP contribution >= 0.6 is 11.6 Å². The third kappa shape index (κ3) is 2.74. The fourth-order valence-corrected chi connectivity index (χ4v) is 2.75. The smallest absolute Gasteiger partial charge is 0.142 e. The van der Waals surface area contributed by atoms with E-state index in [1.54, 1.807) is 12.1 Å². The summed E-state index contributed by atoms with van der Waals surface area (Å²) in [5, 5.41) is 3.26. The Labute approximate surface area is 126 Å². The molecule has 21 heavy (non-hydrogen) atoms. The van der Waals surface area contributed by atoms with E-state index < -0.39 is 5.82 Å². The molecule has 3 rings (SSSR count). The molecule has 1 aliphatic rings. The van der Waals surface area contributed by atoms with E-state index in [2.05, 4.69) is 5.32 Å². The number of halogens is 3. The largest absolute Gasteiger partial charge is 0.485 e. The standard InChI is InChI=1S/C16H14ClF2NO/c1-20-14-8-15(9-2-5-12(17)13(19)6-9)21-16-7-10(18)3-4-11(14)16/h2-7,14-15,20H,8H2,1H3. The topological polar surface area (TPSA) is 21.3 Å². The Bertz CT molecular complexity index is 677. The lowest BCUT2D eigenvalue weighted by molar-refractivity contribution is 0.153. The molecule has 2 unspecified atom stereocenters. The quantitative estimate of drug-likeness (QED) is 0.887. The fourth-order valence-electron chi connectivity index (χ4n) is 2.63. The van der Waals surface area contributed by atoms with E-state index in [4.69, 9.17) is 16.3 Å². The van der Waals surface area contributed by atoms with Crippen molar-refractivity contribution in [2.75, 3.05) is 7.05 Å². The van der Waals surface area contributed by atoms with Crippen molar-refractivity contribution in [1.29, 1.82) is 0 Å². The molecule has 0 fully saturated rings.